The standard InChI is InChI=1S/C28H29NO7/c1-3-5-13-35-20-9-6-8-19(15-20)26(31)24-25(18-11-12-22(30)23(16-18)34-4-2)29(28(33)27(24)32)17-21-10-7-14-36-21/h6-12,14-16,25,30-31H,3-5,13,17H2,1-2H3/b26-24+. The van der Waals surface area contributed by atoms with Crippen molar-refractivity contribution in [2.75, 3.05) is 13.2 Å². The maximum atomic E-state index is 13.3. The fourth-order valence-corrected chi connectivity index (χ4v) is 4.16. The van der Waals surface area contributed by atoms with Crippen molar-refractivity contribution in [3.8, 4) is 17.2 Å². The molecule has 1 atom stereocenters. The molecule has 2 heterocycles. The number of ketones is 1. The fraction of sp³-hybridized carbons (Fsp3) is 0.286. The molecule has 0 spiro atoms. The molecule has 0 bridgehead atoms. The van der Waals surface area contributed by atoms with Crippen LogP contribution in [0.15, 0.2) is 70.9 Å². The second-order valence-corrected chi connectivity index (χ2v) is 8.40. The number of carbonyl (C=O) groups excluding carboxylic acids is 2. The van der Waals surface area contributed by atoms with Gasteiger partial charge in [0.05, 0.1) is 37.6 Å². The average molecular weight is 492 g/mol. The highest BCUT2D eigenvalue weighted by Gasteiger charge is 2.46. The Kier molecular flexibility index (Phi) is 7.63. The molecule has 0 saturated carbocycles. The predicted molar refractivity (Wildman–Crippen MR) is 133 cm³/mol. The second-order valence-electron chi connectivity index (χ2n) is 8.40. The summed E-state index contributed by atoms with van der Waals surface area (Å²) >= 11 is 0. The van der Waals surface area contributed by atoms with Gasteiger partial charge in [0.25, 0.3) is 11.7 Å². The third-order valence-electron chi connectivity index (χ3n) is 5.92. The van der Waals surface area contributed by atoms with E-state index in [2.05, 4.69) is 6.92 Å². The van der Waals surface area contributed by atoms with Crippen molar-refractivity contribution in [1.29, 1.82) is 0 Å². The number of aromatic hydroxyl groups is 1. The van der Waals surface area contributed by atoms with Gasteiger partial charge in [0.2, 0.25) is 0 Å². The Labute approximate surface area is 209 Å². The number of Topliss-reactive ketones (excluding diaryl/α,β-unsaturated/α-hetero) is 1. The summed E-state index contributed by atoms with van der Waals surface area (Å²) in [4.78, 5) is 27.8. The quantitative estimate of drug-likeness (QED) is 0.174. The summed E-state index contributed by atoms with van der Waals surface area (Å²) in [5.41, 5.74) is 0.790. The highest BCUT2D eigenvalue weighted by Crippen LogP contribution is 2.42. The average Bonchev–Trinajstić information content (AvgIpc) is 3.48. The van der Waals surface area contributed by atoms with Crippen LogP contribution in [0.3, 0.4) is 0 Å². The zero-order valence-corrected chi connectivity index (χ0v) is 20.3. The van der Waals surface area contributed by atoms with E-state index in [-0.39, 0.29) is 29.4 Å². The highest BCUT2D eigenvalue weighted by atomic mass is 16.5. The molecular formula is C28H29NO7. The van der Waals surface area contributed by atoms with Crippen LogP contribution in [0.25, 0.3) is 5.76 Å². The van der Waals surface area contributed by atoms with E-state index in [1.54, 1.807) is 55.5 Å². The van der Waals surface area contributed by atoms with Crippen LogP contribution in [0.4, 0.5) is 0 Å². The molecule has 1 unspecified atom stereocenters. The summed E-state index contributed by atoms with van der Waals surface area (Å²) in [5, 5.41) is 21.5. The summed E-state index contributed by atoms with van der Waals surface area (Å²) in [5.74, 6) is -0.710. The number of aliphatic hydroxyl groups is 1. The van der Waals surface area contributed by atoms with E-state index in [9.17, 15) is 19.8 Å². The molecule has 0 aliphatic carbocycles. The molecule has 1 aliphatic rings. The second kappa shape index (κ2) is 11.0. The van der Waals surface area contributed by atoms with Crippen LogP contribution >= 0.6 is 0 Å². The van der Waals surface area contributed by atoms with E-state index in [4.69, 9.17) is 13.9 Å². The number of unbranched alkanes of at least 4 members (excludes halogenated alkanes) is 1. The number of phenolic OH excluding ortho intramolecular Hbond substituents is 1. The summed E-state index contributed by atoms with van der Waals surface area (Å²) in [6, 6.07) is 13.9. The molecule has 1 amide bonds. The molecule has 1 aliphatic heterocycles. The molecular weight excluding hydrogens is 462 g/mol. The smallest absolute Gasteiger partial charge is 0.296 e. The van der Waals surface area contributed by atoms with Crippen LogP contribution < -0.4 is 9.47 Å². The van der Waals surface area contributed by atoms with Gasteiger partial charge in [-0.05, 0) is 55.3 Å². The van der Waals surface area contributed by atoms with Crippen LogP contribution in [-0.4, -0.2) is 40.0 Å². The van der Waals surface area contributed by atoms with Gasteiger partial charge in [-0.1, -0.05) is 31.5 Å². The molecule has 3 aromatic rings. The van der Waals surface area contributed by atoms with Crippen molar-refractivity contribution in [2.24, 2.45) is 0 Å². The number of nitrogens with zero attached hydrogens (tertiary/aromatic N) is 1. The number of rotatable bonds is 10. The number of ether oxygens (including phenoxy) is 2. The number of furan rings is 1. The van der Waals surface area contributed by atoms with E-state index in [0.29, 0.717) is 35.9 Å². The van der Waals surface area contributed by atoms with E-state index in [1.165, 1.54) is 17.2 Å². The number of likely N-dealkylation sites (tertiary alicyclic amines) is 1. The van der Waals surface area contributed by atoms with Crippen molar-refractivity contribution in [2.45, 2.75) is 39.3 Å². The zero-order valence-electron chi connectivity index (χ0n) is 20.3. The first kappa shape index (κ1) is 24.9. The Balaban J connectivity index is 1.81. The summed E-state index contributed by atoms with van der Waals surface area (Å²) in [6.07, 6.45) is 3.35. The SMILES string of the molecule is CCCCOc1cccc(/C(O)=C2\C(=O)C(=O)N(Cc3ccco3)C2c2ccc(O)c(OCC)c2)c1. The van der Waals surface area contributed by atoms with Gasteiger partial charge in [0.1, 0.15) is 17.3 Å². The van der Waals surface area contributed by atoms with Gasteiger partial charge in [-0.15, -0.1) is 0 Å². The largest absolute Gasteiger partial charge is 0.507 e. The van der Waals surface area contributed by atoms with Crippen LogP contribution in [0.5, 0.6) is 17.2 Å². The predicted octanol–water partition coefficient (Wildman–Crippen LogP) is 5.18. The van der Waals surface area contributed by atoms with Crippen LogP contribution in [0.2, 0.25) is 0 Å². The number of amides is 1. The van der Waals surface area contributed by atoms with E-state index >= 15 is 0 Å². The summed E-state index contributed by atoms with van der Waals surface area (Å²) in [6.45, 7) is 4.71. The number of carbonyl (C=O) groups is 2. The number of hydrogen-bond acceptors (Lipinski definition) is 7. The Bertz CT molecular complexity index is 1260. The number of phenols is 1. The van der Waals surface area contributed by atoms with Gasteiger partial charge in [0.15, 0.2) is 11.5 Å². The molecule has 8 heteroatoms. The maximum Gasteiger partial charge on any atom is 0.296 e. The third kappa shape index (κ3) is 5.07. The van der Waals surface area contributed by atoms with Crippen molar-refractivity contribution in [1.82, 2.24) is 4.90 Å². The van der Waals surface area contributed by atoms with E-state index in [0.717, 1.165) is 12.8 Å². The lowest BCUT2D eigenvalue weighted by Gasteiger charge is -2.25. The lowest BCUT2D eigenvalue weighted by atomic mass is 9.95. The molecule has 2 aromatic carbocycles. The van der Waals surface area contributed by atoms with Crippen molar-refractivity contribution < 1.29 is 33.7 Å². The van der Waals surface area contributed by atoms with Crippen molar-refractivity contribution in [3.63, 3.8) is 0 Å². The van der Waals surface area contributed by atoms with Gasteiger partial charge in [-0.25, -0.2) is 0 Å². The monoisotopic (exact) mass is 491 g/mol. The Hall–Kier alpha value is -4.20. The molecule has 0 radical (unpaired) electrons. The normalized spacial score (nSPS) is 16.9. The lowest BCUT2D eigenvalue weighted by Crippen LogP contribution is -2.29. The number of aliphatic hydroxyl groups excluding tert-OH is 1. The van der Waals surface area contributed by atoms with Gasteiger partial charge >= 0.3 is 0 Å². The van der Waals surface area contributed by atoms with Gasteiger partial charge in [0, 0.05) is 5.56 Å². The van der Waals surface area contributed by atoms with E-state index in [1.807, 2.05) is 0 Å². The first-order valence-electron chi connectivity index (χ1n) is 11.9. The first-order chi connectivity index (χ1) is 17.4. The molecule has 36 heavy (non-hydrogen) atoms. The molecule has 1 fully saturated rings. The minimum Gasteiger partial charge on any atom is -0.507 e. The highest BCUT2D eigenvalue weighted by molar-refractivity contribution is 6.46. The fourth-order valence-electron chi connectivity index (χ4n) is 4.16. The van der Waals surface area contributed by atoms with Crippen LogP contribution in [0.1, 0.15) is 49.6 Å². The van der Waals surface area contributed by atoms with Crippen LogP contribution in [0, 0.1) is 0 Å². The topological polar surface area (TPSA) is 109 Å². The minimum atomic E-state index is -0.931. The van der Waals surface area contributed by atoms with Crippen molar-refractivity contribution >= 4 is 17.4 Å². The maximum absolute atomic E-state index is 13.3. The molecule has 1 saturated heterocycles. The van der Waals surface area contributed by atoms with Gasteiger partial charge < -0.3 is 29.0 Å². The molecule has 188 valence electrons. The number of benzene rings is 2. The van der Waals surface area contributed by atoms with E-state index < -0.39 is 17.7 Å². The summed E-state index contributed by atoms with van der Waals surface area (Å²) < 4.78 is 16.7. The Morgan fingerprint density at radius 2 is 1.89 bits per heavy atom. The summed E-state index contributed by atoms with van der Waals surface area (Å²) in [7, 11) is 0. The van der Waals surface area contributed by atoms with Crippen LogP contribution in [-0.2, 0) is 16.1 Å². The molecule has 4 rings (SSSR count). The Morgan fingerprint density at radius 1 is 1.06 bits per heavy atom. The van der Waals surface area contributed by atoms with Gasteiger partial charge in [-0.3, -0.25) is 9.59 Å². The number of hydrogen-bond donors (Lipinski definition) is 2. The third-order valence-corrected chi connectivity index (χ3v) is 5.92. The molecule has 8 nitrogen and oxygen atoms in total. The Morgan fingerprint density at radius 3 is 2.61 bits per heavy atom. The molecule has 2 N–H and O–H groups in total. The zero-order chi connectivity index (χ0) is 25.7. The van der Waals surface area contributed by atoms with Crippen molar-refractivity contribution in [3.05, 3.63) is 83.3 Å². The lowest BCUT2D eigenvalue weighted by molar-refractivity contribution is -0.140. The first-order valence-corrected chi connectivity index (χ1v) is 11.9. The minimum absolute atomic E-state index is 0.0179. The molecule has 1 aromatic heterocycles. The van der Waals surface area contributed by atoms with Gasteiger partial charge in [-0.2, -0.15) is 0 Å².